The quantitative estimate of drug-likeness (QED) is 0.852. The molecule has 2 aromatic carbocycles. The van der Waals surface area contributed by atoms with Gasteiger partial charge in [0, 0.05) is 6.42 Å². The van der Waals surface area contributed by atoms with Gasteiger partial charge in [-0.25, -0.2) is 0 Å². The van der Waals surface area contributed by atoms with E-state index in [-0.39, 0.29) is 11.9 Å². The summed E-state index contributed by atoms with van der Waals surface area (Å²) in [6.07, 6.45) is 2.63. The first kappa shape index (κ1) is 13.6. The summed E-state index contributed by atoms with van der Waals surface area (Å²) in [7, 11) is 0. The van der Waals surface area contributed by atoms with Gasteiger partial charge in [0.05, 0.1) is 6.04 Å². The number of carbonyl (C=O) groups is 1. The van der Waals surface area contributed by atoms with Crippen LogP contribution in [0.25, 0.3) is 10.8 Å². The molecule has 0 aliphatic carbocycles. The highest BCUT2D eigenvalue weighted by atomic mass is 16.1. The third kappa shape index (κ3) is 3.57. The van der Waals surface area contributed by atoms with Crippen molar-refractivity contribution in [2.75, 3.05) is 0 Å². The molecule has 0 saturated carbocycles. The number of carbonyl (C=O) groups excluding carboxylic acids is 1. The Labute approximate surface area is 114 Å². The number of unbranched alkanes of at least 4 members (excludes halogenated alkanes) is 1. The molecule has 100 valence electrons. The van der Waals surface area contributed by atoms with E-state index in [0.717, 1.165) is 18.4 Å². The third-order valence-electron chi connectivity index (χ3n) is 3.41. The first-order valence-corrected chi connectivity index (χ1v) is 6.98. The van der Waals surface area contributed by atoms with E-state index in [1.807, 2.05) is 19.1 Å². The molecule has 0 bridgehead atoms. The van der Waals surface area contributed by atoms with E-state index in [4.69, 9.17) is 0 Å². The molecule has 19 heavy (non-hydrogen) atoms. The fraction of sp³-hybridized carbons (Fsp3) is 0.353. The van der Waals surface area contributed by atoms with Crippen LogP contribution in [0, 0.1) is 0 Å². The van der Waals surface area contributed by atoms with Crippen molar-refractivity contribution in [1.82, 2.24) is 5.32 Å². The Morgan fingerprint density at radius 1 is 1.16 bits per heavy atom. The van der Waals surface area contributed by atoms with Crippen molar-refractivity contribution < 1.29 is 4.79 Å². The highest BCUT2D eigenvalue weighted by molar-refractivity contribution is 5.83. The summed E-state index contributed by atoms with van der Waals surface area (Å²) in [4.78, 5) is 11.7. The van der Waals surface area contributed by atoms with Gasteiger partial charge in [-0.15, -0.1) is 0 Å². The lowest BCUT2D eigenvalue weighted by molar-refractivity contribution is -0.121. The SMILES string of the molecule is CCCCC(=O)N[C@H](C)c1ccc2ccccc2c1. The maximum absolute atomic E-state index is 11.7. The Kier molecular flexibility index (Phi) is 4.56. The molecular weight excluding hydrogens is 234 g/mol. The Morgan fingerprint density at radius 3 is 2.63 bits per heavy atom. The van der Waals surface area contributed by atoms with Gasteiger partial charge in [0.15, 0.2) is 0 Å². The maximum Gasteiger partial charge on any atom is 0.220 e. The smallest absolute Gasteiger partial charge is 0.220 e. The third-order valence-corrected chi connectivity index (χ3v) is 3.41. The number of hydrogen-bond donors (Lipinski definition) is 1. The van der Waals surface area contributed by atoms with Crippen LogP contribution in [0.2, 0.25) is 0 Å². The van der Waals surface area contributed by atoms with Crippen molar-refractivity contribution in [2.24, 2.45) is 0 Å². The number of hydrogen-bond acceptors (Lipinski definition) is 1. The Bertz CT molecular complexity index is 562. The van der Waals surface area contributed by atoms with Crippen LogP contribution >= 0.6 is 0 Å². The summed E-state index contributed by atoms with van der Waals surface area (Å²) < 4.78 is 0. The second kappa shape index (κ2) is 6.37. The van der Waals surface area contributed by atoms with Gasteiger partial charge in [-0.1, -0.05) is 49.7 Å². The molecule has 1 N–H and O–H groups in total. The normalized spacial score (nSPS) is 12.3. The zero-order valence-corrected chi connectivity index (χ0v) is 11.6. The van der Waals surface area contributed by atoms with Crippen LogP contribution in [0.1, 0.15) is 44.7 Å². The molecule has 0 radical (unpaired) electrons. The van der Waals surface area contributed by atoms with Crippen LogP contribution in [-0.2, 0) is 4.79 Å². The second-order valence-corrected chi connectivity index (χ2v) is 5.00. The monoisotopic (exact) mass is 255 g/mol. The van der Waals surface area contributed by atoms with Crippen LogP contribution in [0.4, 0.5) is 0 Å². The summed E-state index contributed by atoms with van der Waals surface area (Å²) in [6.45, 7) is 4.13. The van der Waals surface area contributed by atoms with Crippen LogP contribution in [0.3, 0.4) is 0 Å². The van der Waals surface area contributed by atoms with Crippen molar-refractivity contribution in [3.05, 3.63) is 48.0 Å². The minimum Gasteiger partial charge on any atom is -0.350 e. The lowest BCUT2D eigenvalue weighted by atomic mass is 10.0. The summed E-state index contributed by atoms with van der Waals surface area (Å²) in [5.41, 5.74) is 1.16. The molecule has 0 heterocycles. The van der Waals surface area contributed by atoms with Gasteiger partial charge < -0.3 is 5.32 Å². The standard InChI is InChI=1S/C17H21NO/c1-3-4-9-17(19)18-13(2)15-11-10-14-7-5-6-8-16(14)12-15/h5-8,10-13H,3-4,9H2,1-2H3,(H,18,19)/t13-/m1/s1. The number of amides is 1. The van der Waals surface area contributed by atoms with Crippen molar-refractivity contribution in [1.29, 1.82) is 0 Å². The van der Waals surface area contributed by atoms with E-state index in [1.165, 1.54) is 10.8 Å². The van der Waals surface area contributed by atoms with E-state index in [2.05, 4.69) is 42.6 Å². The number of rotatable bonds is 5. The Hall–Kier alpha value is -1.83. The van der Waals surface area contributed by atoms with E-state index >= 15 is 0 Å². The fourth-order valence-corrected chi connectivity index (χ4v) is 2.21. The van der Waals surface area contributed by atoms with E-state index in [9.17, 15) is 4.79 Å². The summed E-state index contributed by atoms with van der Waals surface area (Å²) in [5.74, 6) is 0.141. The van der Waals surface area contributed by atoms with E-state index in [1.54, 1.807) is 0 Å². The predicted molar refractivity (Wildman–Crippen MR) is 80.0 cm³/mol. The van der Waals surface area contributed by atoms with Gasteiger partial charge in [0.1, 0.15) is 0 Å². The van der Waals surface area contributed by atoms with E-state index < -0.39 is 0 Å². The highest BCUT2D eigenvalue weighted by Gasteiger charge is 2.09. The van der Waals surface area contributed by atoms with Crippen molar-refractivity contribution in [2.45, 2.75) is 39.2 Å². The average molecular weight is 255 g/mol. The van der Waals surface area contributed by atoms with Gasteiger partial charge in [0.25, 0.3) is 0 Å². The molecule has 1 atom stereocenters. The van der Waals surface area contributed by atoms with Crippen LogP contribution in [0.15, 0.2) is 42.5 Å². The lowest BCUT2D eigenvalue weighted by Crippen LogP contribution is -2.26. The minimum atomic E-state index is 0.0639. The van der Waals surface area contributed by atoms with Crippen molar-refractivity contribution in [3.8, 4) is 0 Å². The zero-order valence-electron chi connectivity index (χ0n) is 11.6. The fourth-order valence-electron chi connectivity index (χ4n) is 2.21. The first-order chi connectivity index (χ1) is 9.20. The lowest BCUT2D eigenvalue weighted by Gasteiger charge is -2.15. The molecule has 2 aromatic rings. The number of benzene rings is 2. The first-order valence-electron chi connectivity index (χ1n) is 6.98. The zero-order chi connectivity index (χ0) is 13.7. The van der Waals surface area contributed by atoms with Gasteiger partial charge in [-0.2, -0.15) is 0 Å². The molecule has 0 saturated heterocycles. The highest BCUT2D eigenvalue weighted by Crippen LogP contribution is 2.20. The van der Waals surface area contributed by atoms with Gasteiger partial charge >= 0.3 is 0 Å². The van der Waals surface area contributed by atoms with Crippen molar-refractivity contribution >= 4 is 16.7 Å². The summed E-state index contributed by atoms with van der Waals surface area (Å²) >= 11 is 0. The van der Waals surface area contributed by atoms with Gasteiger partial charge in [-0.3, -0.25) is 4.79 Å². The molecule has 0 aromatic heterocycles. The predicted octanol–water partition coefficient (Wildman–Crippen LogP) is 4.21. The topological polar surface area (TPSA) is 29.1 Å². The molecule has 1 amide bonds. The van der Waals surface area contributed by atoms with Crippen molar-refractivity contribution in [3.63, 3.8) is 0 Å². The maximum atomic E-state index is 11.7. The van der Waals surface area contributed by atoms with E-state index in [0.29, 0.717) is 6.42 Å². The summed E-state index contributed by atoms with van der Waals surface area (Å²) in [6, 6.07) is 14.7. The summed E-state index contributed by atoms with van der Waals surface area (Å²) in [5, 5.41) is 5.51. The van der Waals surface area contributed by atoms with Gasteiger partial charge in [-0.05, 0) is 35.7 Å². The van der Waals surface area contributed by atoms with Crippen LogP contribution in [0.5, 0.6) is 0 Å². The molecule has 0 spiro atoms. The second-order valence-electron chi connectivity index (χ2n) is 5.00. The molecule has 0 aliphatic heterocycles. The molecule has 2 rings (SSSR count). The molecule has 2 heteroatoms. The molecule has 0 aliphatic rings. The van der Waals surface area contributed by atoms with Crippen LogP contribution in [-0.4, -0.2) is 5.91 Å². The van der Waals surface area contributed by atoms with Crippen LogP contribution < -0.4 is 5.32 Å². The molecule has 0 unspecified atom stereocenters. The largest absolute Gasteiger partial charge is 0.350 e. The number of nitrogens with one attached hydrogen (secondary N) is 1. The van der Waals surface area contributed by atoms with Gasteiger partial charge in [0.2, 0.25) is 5.91 Å². The molecule has 0 fully saturated rings. The average Bonchev–Trinajstić information content (AvgIpc) is 2.44. The Morgan fingerprint density at radius 2 is 1.89 bits per heavy atom. The molecular formula is C17H21NO. The molecule has 2 nitrogen and oxygen atoms in total. The minimum absolute atomic E-state index is 0.0639. The Balaban J connectivity index is 2.08. The number of fused-ring (bicyclic) bond motifs is 1.